The maximum atomic E-state index is 13.0. The fourth-order valence-electron chi connectivity index (χ4n) is 6.03. The van der Waals surface area contributed by atoms with Gasteiger partial charge in [-0.2, -0.15) is 0 Å². The fourth-order valence-corrected chi connectivity index (χ4v) is 8.13. The molecule has 2 unspecified atom stereocenters. The summed E-state index contributed by atoms with van der Waals surface area (Å²) in [6.45, 7) is 5.54. The van der Waals surface area contributed by atoms with Crippen molar-refractivity contribution in [2.24, 2.45) is 5.92 Å². The first-order valence-electron chi connectivity index (χ1n) is 22.2. The summed E-state index contributed by atoms with van der Waals surface area (Å²) in [5.41, 5.74) is 0. The molecule has 1 aliphatic heterocycles. The Morgan fingerprint density at radius 3 is 1.64 bits per heavy atom. The molecule has 1 aliphatic rings. The van der Waals surface area contributed by atoms with Crippen LogP contribution in [0.4, 0.5) is 0 Å². The van der Waals surface area contributed by atoms with Crippen molar-refractivity contribution >= 4 is 27.5 Å². The molecule has 0 radical (unpaired) electrons. The van der Waals surface area contributed by atoms with Gasteiger partial charge in [-0.05, 0) is 137 Å². The number of pyridine rings is 1. The van der Waals surface area contributed by atoms with Crippen molar-refractivity contribution in [3.63, 3.8) is 0 Å². The van der Waals surface area contributed by atoms with E-state index in [1.54, 1.807) is 13.1 Å². The summed E-state index contributed by atoms with van der Waals surface area (Å²) in [7, 11) is 2.74. The Kier molecular flexibility index (Phi) is 33.1. The Morgan fingerprint density at radius 1 is 0.687 bits per heavy atom. The lowest BCUT2D eigenvalue weighted by molar-refractivity contribution is -0.294. The average Bonchev–Trinajstić information content (AvgIpc) is 3.33. The fraction of sp³-hybridized carbons (Fsp3) is 0.464. The first kappa shape index (κ1) is 56.9. The summed E-state index contributed by atoms with van der Waals surface area (Å²) in [6, 6.07) is 4.55. The van der Waals surface area contributed by atoms with Crippen molar-refractivity contribution < 1.29 is 34.7 Å². The molecule has 344 valence electrons. The number of nitrogens with zero attached hydrogens (tertiary/aromatic N) is 1. The van der Waals surface area contributed by atoms with Gasteiger partial charge < -0.3 is 35.2 Å². The molecule has 1 saturated heterocycles. The summed E-state index contributed by atoms with van der Waals surface area (Å²) in [5, 5.41) is 47.1. The highest BCUT2D eigenvalue weighted by molar-refractivity contribution is 8.76. The Hall–Kier alpha value is -6.20. The zero-order valence-electron chi connectivity index (χ0n) is 38.3. The molecule has 0 aliphatic carbocycles. The van der Waals surface area contributed by atoms with Gasteiger partial charge in [0, 0.05) is 53.4 Å². The van der Waals surface area contributed by atoms with Crippen LogP contribution >= 0.6 is 21.6 Å². The molecule has 11 heteroatoms. The number of carbonyl (C=O) groups excluding carboxylic acids is 1. The number of hydrogen-bond donors (Lipinski definition) is 5. The molecule has 1 amide bonds. The van der Waals surface area contributed by atoms with Crippen molar-refractivity contribution in [1.82, 2.24) is 10.3 Å². The molecule has 2 rings (SSSR count). The Balaban J connectivity index is 1.98. The maximum Gasteiger partial charge on any atom is 0.297 e. The third-order valence-electron chi connectivity index (χ3n) is 9.56. The molecule has 0 spiro atoms. The number of aromatic nitrogens is 1. The molecule has 0 aromatic carbocycles. The topological polar surface area (TPSA) is 141 Å². The van der Waals surface area contributed by atoms with Crippen LogP contribution in [0.15, 0.2) is 29.4 Å². The number of aliphatic hydroxyl groups excluding tert-OH is 4. The average molecular weight is 933 g/mol. The van der Waals surface area contributed by atoms with E-state index in [1.165, 1.54) is 79.4 Å². The lowest BCUT2D eigenvalue weighted by Crippen LogP contribution is -2.59. The predicted molar refractivity (Wildman–Crippen MR) is 267 cm³/mol. The minimum Gasteiger partial charge on any atom is -0.391 e. The van der Waals surface area contributed by atoms with Crippen LogP contribution in [0, 0.1) is 148 Å². The molecular formula is C56H56N2O7S2. The van der Waals surface area contributed by atoms with E-state index in [-0.39, 0.29) is 18.3 Å². The van der Waals surface area contributed by atoms with Crippen molar-refractivity contribution in [2.75, 3.05) is 12.4 Å². The van der Waals surface area contributed by atoms with Gasteiger partial charge in [0.2, 0.25) is 0 Å². The lowest BCUT2D eigenvalue weighted by Gasteiger charge is -2.40. The molecule has 1 aromatic heterocycles. The number of nitrogens with one attached hydrogen (secondary N) is 1. The molecule has 1 aromatic rings. The van der Waals surface area contributed by atoms with E-state index in [9.17, 15) is 25.2 Å². The van der Waals surface area contributed by atoms with Gasteiger partial charge in [-0.3, -0.25) is 4.79 Å². The van der Waals surface area contributed by atoms with Crippen LogP contribution in [0.25, 0.3) is 0 Å². The number of carbonyl (C=O) groups is 1. The van der Waals surface area contributed by atoms with Crippen molar-refractivity contribution in [3.05, 3.63) is 24.4 Å². The molecule has 67 heavy (non-hydrogen) atoms. The van der Waals surface area contributed by atoms with Gasteiger partial charge in [0.15, 0.2) is 6.29 Å². The van der Waals surface area contributed by atoms with Gasteiger partial charge in [0.05, 0.1) is 24.9 Å². The second-order valence-electron chi connectivity index (χ2n) is 14.7. The van der Waals surface area contributed by atoms with Crippen molar-refractivity contribution in [2.45, 2.75) is 152 Å². The number of amides is 1. The summed E-state index contributed by atoms with van der Waals surface area (Å²) in [5.74, 6) is 59.5. The van der Waals surface area contributed by atoms with Gasteiger partial charge in [0.1, 0.15) is 23.3 Å². The van der Waals surface area contributed by atoms with Gasteiger partial charge in [-0.1, -0.05) is 114 Å². The summed E-state index contributed by atoms with van der Waals surface area (Å²) in [6.07, 6.45) is 9.21. The minimum atomic E-state index is -1.59. The van der Waals surface area contributed by atoms with E-state index >= 15 is 0 Å². The van der Waals surface area contributed by atoms with Crippen molar-refractivity contribution in [3.8, 4) is 142 Å². The van der Waals surface area contributed by atoms with Gasteiger partial charge in [-0.15, -0.1) is 0 Å². The zero-order valence-corrected chi connectivity index (χ0v) is 39.9. The standard InChI is InChI=1S/C56H56N2O7S2/c1-4-6-8-10-12-14-16-18-19-20-21-22-23-24-25-26-27-28-30-32-34-36-38-42-50(59)58-48(52(60)47(3)41-37-35-33-31-29-17-15-13-11-9-7-5-2)45-64-56-55(63)54(62)53(61)49(65-56)46-66-67-51-43-39-40-44-57-51/h39-40,43-44,47-49,52-56,60-63H,5,7,9,11,13,15,17,29,31,33,35,37,41,45-46H2,1-3H3,(H,58,59)/t47-,48+,49?,52-,53+,54+,55?,56+/m1/s1. The Morgan fingerprint density at radius 2 is 1.16 bits per heavy atom. The van der Waals surface area contributed by atoms with E-state index in [0.717, 1.165) is 30.7 Å². The molecule has 0 bridgehead atoms. The molecular weight excluding hydrogens is 877 g/mol. The van der Waals surface area contributed by atoms with E-state index in [2.05, 4.69) is 159 Å². The van der Waals surface area contributed by atoms with Crippen molar-refractivity contribution in [1.29, 1.82) is 0 Å². The largest absolute Gasteiger partial charge is 0.391 e. The summed E-state index contributed by atoms with van der Waals surface area (Å²) >= 11 is 0. The highest BCUT2D eigenvalue weighted by atomic mass is 33.1. The van der Waals surface area contributed by atoms with E-state index in [0.29, 0.717) is 0 Å². The quantitative estimate of drug-likeness (QED) is 0.0560. The zero-order chi connectivity index (χ0) is 48.4. The van der Waals surface area contributed by atoms with E-state index in [4.69, 9.17) is 9.47 Å². The van der Waals surface area contributed by atoms with E-state index < -0.39 is 48.8 Å². The molecule has 5 N–H and O–H groups in total. The van der Waals surface area contributed by atoms with Crippen LogP contribution < -0.4 is 5.32 Å². The van der Waals surface area contributed by atoms with Crippen LogP contribution in [-0.2, 0) is 14.3 Å². The van der Waals surface area contributed by atoms with Crippen LogP contribution in [0.5, 0.6) is 0 Å². The minimum absolute atomic E-state index is 0.223. The number of hydrogen-bond acceptors (Lipinski definition) is 10. The lowest BCUT2D eigenvalue weighted by atomic mass is 9.92. The summed E-state index contributed by atoms with van der Waals surface area (Å²) in [4.78, 5) is 17.2. The number of unbranched alkanes of at least 4 members (excludes halogenated alkanes) is 11. The van der Waals surface area contributed by atoms with E-state index in [1.807, 2.05) is 25.1 Å². The van der Waals surface area contributed by atoms with Crippen LogP contribution in [0.1, 0.15) is 104 Å². The van der Waals surface area contributed by atoms with Gasteiger partial charge in [-0.25, -0.2) is 4.98 Å². The molecule has 2 heterocycles. The SMILES string of the molecule is CC#CC#CC#CC#CC#CC#CC#CC#CC#CC#CC#CC#CC(=O)N[C@@H](CO[C@H]1OC(CSSc2ccccn2)[C@H](O)[C@H](O)C1O)[C@H](O)[C@H](C)CCCCCCCCCCCCCC. The molecule has 9 nitrogen and oxygen atoms in total. The van der Waals surface area contributed by atoms with Crippen LogP contribution in [-0.4, -0.2) is 86.5 Å². The van der Waals surface area contributed by atoms with Gasteiger partial charge in [0.25, 0.3) is 5.91 Å². The number of rotatable bonds is 23. The smallest absolute Gasteiger partial charge is 0.297 e. The molecule has 8 atom stereocenters. The molecule has 0 saturated carbocycles. The van der Waals surface area contributed by atoms with Crippen LogP contribution in [0.2, 0.25) is 0 Å². The number of ether oxygens (including phenoxy) is 2. The monoisotopic (exact) mass is 932 g/mol. The van der Waals surface area contributed by atoms with Gasteiger partial charge >= 0.3 is 0 Å². The predicted octanol–water partition coefficient (Wildman–Crippen LogP) is 5.28. The Bertz CT molecular complexity index is 2490. The highest BCUT2D eigenvalue weighted by Crippen LogP contribution is 2.33. The Labute approximate surface area is 407 Å². The first-order valence-corrected chi connectivity index (χ1v) is 24.5. The number of aliphatic hydroxyl groups is 4. The second kappa shape index (κ2) is 39.0. The normalized spacial score (nSPS) is 17.1. The maximum absolute atomic E-state index is 13.0. The summed E-state index contributed by atoms with van der Waals surface area (Å²) < 4.78 is 11.8. The second-order valence-corrected chi connectivity index (χ2v) is 17.1. The first-order chi connectivity index (χ1) is 32.8. The molecule has 1 fully saturated rings. The van der Waals surface area contributed by atoms with Crippen LogP contribution in [0.3, 0.4) is 0 Å². The third kappa shape index (κ3) is 28.4. The third-order valence-corrected chi connectivity index (χ3v) is 11.8. The highest BCUT2D eigenvalue weighted by Gasteiger charge is 2.44.